The molecule has 23 heavy (non-hydrogen) atoms. The third-order valence-corrected chi connectivity index (χ3v) is 5.97. The Kier molecular flexibility index (Phi) is 4.30. The zero-order valence-corrected chi connectivity index (χ0v) is 13.7. The van der Waals surface area contributed by atoms with Gasteiger partial charge in [0.1, 0.15) is 11.3 Å². The molecule has 1 aromatic carbocycles. The zero-order chi connectivity index (χ0) is 16.4. The van der Waals surface area contributed by atoms with Crippen LogP contribution >= 0.6 is 0 Å². The number of hydrogen-bond acceptors (Lipinski definition) is 5. The van der Waals surface area contributed by atoms with Gasteiger partial charge in [-0.2, -0.15) is 0 Å². The van der Waals surface area contributed by atoms with Crippen LogP contribution in [0.15, 0.2) is 28.9 Å². The number of rotatable bonds is 5. The minimum absolute atomic E-state index is 0.0225. The maximum Gasteiger partial charge on any atom is 0.224 e. The summed E-state index contributed by atoms with van der Waals surface area (Å²) in [4.78, 5) is 12.1. The van der Waals surface area contributed by atoms with Gasteiger partial charge in [-0.3, -0.25) is 4.79 Å². The molecular weight excluding hydrogens is 318 g/mol. The van der Waals surface area contributed by atoms with Crippen LogP contribution in [-0.4, -0.2) is 39.5 Å². The van der Waals surface area contributed by atoms with Gasteiger partial charge in [-0.05, 0) is 24.5 Å². The van der Waals surface area contributed by atoms with Gasteiger partial charge in [0.2, 0.25) is 5.91 Å². The molecule has 7 heteroatoms. The highest BCUT2D eigenvalue weighted by Gasteiger charge is 2.27. The van der Waals surface area contributed by atoms with Crippen LogP contribution < -0.4 is 10.1 Å². The van der Waals surface area contributed by atoms with Crippen LogP contribution in [0.5, 0.6) is 5.75 Å². The monoisotopic (exact) mass is 337 g/mol. The summed E-state index contributed by atoms with van der Waals surface area (Å²) >= 11 is 0. The Labute approximate surface area is 134 Å². The number of nitrogens with one attached hydrogen (secondary N) is 1. The fourth-order valence-corrected chi connectivity index (χ4v) is 4.72. The molecule has 2 heterocycles. The molecule has 3 rings (SSSR count). The van der Waals surface area contributed by atoms with Crippen molar-refractivity contribution in [3.63, 3.8) is 0 Å². The second-order valence-corrected chi connectivity index (χ2v) is 8.10. The fraction of sp³-hybridized carbons (Fsp3) is 0.438. The molecule has 2 aromatic rings. The Morgan fingerprint density at radius 3 is 2.96 bits per heavy atom. The lowest BCUT2D eigenvalue weighted by molar-refractivity contribution is -0.120. The molecule has 124 valence electrons. The molecule has 1 atom stereocenters. The predicted molar refractivity (Wildman–Crippen MR) is 86.2 cm³/mol. The first-order chi connectivity index (χ1) is 11.0. The van der Waals surface area contributed by atoms with Crippen molar-refractivity contribution >= 4 is 26.7 Å². The third-order valence-electron chi connectivity index (χ3n) is 4.13. The van der Waals surface area contributed by atoms with Gasteiger partial charge in [0, 0.05) is 23.6 Å². The minimum Gasteiger partial charge on any atom is -0.497 e. The Bertz CT molecular complexity index is 824. The summed E-state index contributed by atoms with van der Waals surface area (Å²) in [5.41, 5.74) is 1.48. The molecule has 1 saturated heterocycles. The smallest absolute Gasteiger partial charge is 0.224 e. The lowest BCUT2D eigenvalue weighted by Gasteiger charge is -2.09. The Morgan fingerprint density at radius 1 is 1.43 bits per heavy atom. The molecule has 6 nitrogen and oxygen atoms in total. The summed E-state index contributed by atoms with van der Waals surface area (Å²) in [6.45, 7) is 0.404. The quantitative estimate of drug-likeness (QED) is 0.894. The summed E-state index contributed by atoms with van der Waals surface area (Å²) < 4.78 is 33.4. The number of sulfone groups is 1. The van der Waals surface area contributed by atoms with Crippen molar-refractivity contribution in [2.24, 2.45) is 5.92 Å². The molecule has 1 fully saturated rings. The van der Waals surface area contributed by atoms with Crippen LogP contribution in [0.3, 0.4) is 0 Å². The van der Waals surface area contributed by atoms with E-state index in [1.165, 1.54) is 0 Å². The van der Waals surface area contributed by atoms with Gasteiger partial charge in [-0.25, -0.2) is 8.42 Å². The van der Waals surface area contributed by atoms with E-state index in [4.69, 9.17) is 9.15 Å². The molecule has 0 unspecified atom stereocenters. The normalized spacial score (nSPS) is 19.8. The van der Waals surface area contributed by atoms with E-state index in [-0.39, 0.29) is 29.8 Å². The number of carbonyl (C=O) groups is 1. The van der Waals surface area contributed by atoms with Gasteiger partial charge < -0.3 is 14.5 Å². The molecule has 1 N–H and O–H groups in total. The molecular formula is C16H19NO5S. The van der Waals surface area contributed by atoms with Gasteiger partial charge in [-0.15, -0.1) is 0 Å². The number of fused-ring (bicyclic) bond motifs is 1. The molecule has 1 aromatic heterocycles. The lowest BCUT2D eigenvalue weighted by Crippen LogP contribution is -2.30. The molecule has 1 aliphatic rings. The molecule has 0 radical (unpaired) electrons. The second kappa shape index (κ2) is 6.23. The Hall–Kier alpha value is -2.02. The van der Waals surface area contributed by atoms with Gasteiger partial charge in [0.05, 0.1) is 31.3 Å². The summed E-state index contributed by atoms with van der Waals surface area (Å²) in [7, 11) is -1.32. The molecule has 0 spiro atoms. The van der Waals surface area contributed by atoms with Crippen LogP contribution in [0.25, 0.3) is 11.0 Å². The van der Waals surface area contributed by atoms with Crippen molar-refractivity contribution < 1.29 is 22.4 Å². The molecule has 1 aliphatic heterocycles. The van der Waals surface area contributed by atoms with Crippen molar-refractivity contribution in [2.45, 2.75) is 12.8 Å². The van der Waals surface area contributed by atoms with Gasteiger partial charge in [-0.1, -0.05) is 0 Å². The van der Waals surface area contributed by atoms with E-state index in [1.807, 2.05) is 12.1 Å². The SMILES string of the molecule is COc1ccc2c(CC(=O)NC[C@H]3CCS(=O)(=O)C3)coc2c1. The third kappa shape index (κ3) is 3.67. The van der Waals surface area contributed by atoms with E-state index < -0.39 is 9.84 Å². The van der Waals surface area contributed by atoms with Gasteiger partial charge in [0.15, 0.2) is 9.84 Å². The van der Waals surface area contributed by atoms with Crippen molar-refractivity contribution in [3.05, 3.63) is 30.0 Å². The van der Waals surface area contributed by atoms with Crippen molar-refractivity contribution in [2.75, 3.05) is 25.2 Å². The zero-order valence-electron chi connectivity index (χ0n) is 12.9. The molecule has 0 aliphatic carbocycles. The van der Waals surface area contributed by atoms with E-state index >= 15 is 0 Å². The average Bonchev–Trinajstić information content (AvgIpc) is 3.08. The fourth-order valence-electron chi connectivity index (χ4n) is 2.85. The van der Waals surface area contributed by atoms with E-state index in [0.717, 1.165) is 10.9 Å². The maximum absolute atomic E-state index is 12.1. The molecule has 0 bridgehead atoms. The van der Waals surface area contributed by atoms with Crippen LogP contribution in [0.2, 0.25) is 0 Å². The van der Waals surface area contributed by atoms with Gasteiger partial charge >= 0.3 is 0 Å². The molecule has 0 saturated carbocycles. The standard InChI is InChI=1S/C16H19NO5S/c1-21-13-2-3-14-12(9-22-15(14)7-13)6-16(18)17-8-11-4-5-23(19,20)10-11/h2-3,7,9,11H,4-6,8,10H2,1H3,(H,17,18)/t11-/m1/s1. The topological polar surface area (TPSA) is 85.6 Å². The first-order valence-electron chi connectivity index (χ1n) is 7.48. The number of ether oxygens (including phenoxy) is 1. The first kappa shape index (κ1) is 15.9. The number of methoxy groups -OCH3 is 1. The maximum atomic E-state index is 12.1. The number of carbonyl (C=O) groups excluding carboxylic acids is 1. The van der Waals surface area contributed by atoms with Crippen molar-refractivity contribution in [3.8, 4) is 5.75 Å². The van der Waals surface area contributed by atoms with E-state index in [1.54, 1.807) is 19.4 Å². The number of amides is 1. The summed E-state index contributed by atoms with van der Waals surface area (Å²) in [5, 5.41) is 3.70. The number of benzene rings is 1. The van der Waals surface area contributed by atoms with Crippen molar-refractivity contribution in [1.82, 2.24) is 5.32 Å². The predicted octanol–water partition coefficient (Wildman–Crippen LogP) is 1.53. The largest absolute Gasteiger partial charge is 0.497 e. The summed E-state index contributed by atoms with van der Waals surface area (Å²) in [6.07, 6.45) is 2.40. The van der Waals surface area contributed by atoms with Crippen LogP contribution in [0.1, 0.15) is 12.0 Å². The van der Waals surface area contributed by atoms with Crippen LogP contribution in [0.4, 0.5) is 0 Å². The first-order valence-corrected chi connectivity index (χ1v) is 9.30. The molecule has 1 amide bonds. The highest BCUT2D eigenvalue weighted by Crippen LogP contribution is 2.26. The van der Waals surface area contributed by atoms with E-state index in [9.17, 15) is 13.2 Å². The van der Waals surface area contributed by atoms with Gasteiger partial charge in [0.25, 0.3) is 0 Å². The number of furan rings is 1. The summed E-state index contributed by atoms with van der Waals surface area (Å²) in [5.74, 6) is 0.983. The highest BCUT2D eigenvalue weighted by molar-refractivity contribution is 7.91. The number of hydrogen-bond donors (Lipinski definition) is 1. The van der Waals surface area contributed by atoms with Crippen LogP contribution in [-0.2, 0) is 21.1 Å². The summed E-state index contributed by atoms with van der Waals surface area (Å²) in [6, 6.07) is 5.46. The highest BCUT2D eigenvalue weighted by atomic mass is 32.2. The second-order valence-electron chi connectivity index (χ2n) is 5.87. The van der Waals surface area contributed by atoms with Crippen LogP contribution in [0, 0.1) is 5.92 Å². The van der Waals surface area contributed by atoms with Crippen molar-refractivity contribution in [1.29, 1.82) is 0 Å². The van der Waals surface area contributed by atoms with E-state index in [0.29, 0.717) is 24.3 Å². The minimum atomic E-state index is -2.91. The Morgan fingerprint density at radius 2 is 2.26 bits per heavy atom. The average molecular weight is 337 g/mol. The lowest BCUT2D eigenvalue weighted by atomic mass is 10.1. The Balaban J connectivity index is 1.60. The van der Waals surface area contributed by atoms with E-state index in [2.05, 4.69) is 5.32 Å².